The third-order valence-corrected chi connectivity index (χ3v) is 5.51. The molecule has 0 saturated heterocycles. The summed E-state index contributed by atoms with van der Waals surface area (Å²) >= 11 is 0. The molecule has 0 aliphatic carbocycles. The summed E-state index contributed by atoms with van der Waals surface area (Å²) in [7, 11) is 0. The third kappa shape index (κ3) is 4.96. The maximum Gasteiger partial charge on any atom is 0.418 e. The minimum atomic E-state index is -4.54. The van der Waals surface area contributed by atoms with E-state index in [0.29, 0.717) is 40.4 Å². The van der Waals surface area contributed by atoms with Crippen LogP contribution in [0, 0.1) is 0 Å². The molecule has 1 heterocycles. The maximum absolute atomic E-state index is 13.7. The molecule has 3 nitrogen and oxygen atoms in total. The van der Waals surface area contributed by atoms with Gasteiger partial charge in [-0.3, -0.25) is 4.98 Å². The largest absolute Gasteiger partial charge is 0.489 e. The average Bonchev–Trinajstić information content (AvgIpc) is 2.88. The molecule has 0 aliphatic rings. The lowest BCUT2D eigenvalue weighted by Crippen LogP contribution is -2.07. The molecular formula is C29H20F3NO2. The Morgan fingerprint density at radius 1 is 0.714 bits per heavy atom. The van der Waals surface area contributed by atoms with Gasteiger partial charge in [0.05, 0.1) is 17.3 Å². The minimum absolute atomic E-state index is 0.133. The SMILES string of the molecule is FC(F)(F)c1cccc2c(-c3cccc(OCc4ccccc4)c3)c(Oc3ccccc3)cnc12. The Labute approximate surface area is 200 Å². The highest BCUT2D eigenvalue weighted by Crippen LogP contribution is 2.42. The van der Waals surface area contributed by atoms with Crippen LogP contribution >= 0.6 is 0 Å². The van der Waals surface area contributed by atoms with Crippen LogP contribution in [0.2, 0.25) is 0 Å². The van der Waals surface area contributed by atoms with Crippen LogP contribution in [-0.2, 0) is 12.8 Å². The minimum Gasteiger partial charge on any atom is -0.489 e. The molecule has 1 aromatic heterocycles. The second-order valence-corrected chi connectivity index (χ2v) is 7.91. The number of hydrogen-bond donors (Lipinski definition) is 0. The number of alkyl halides is 3. The second kappa shape index (κ2) is 9.50. The molecule has 6 heteroatoms. The quantitative estimate of drug-likeness (QED) is 0.250. The van der Waals surface area contributed by atoms with Crippen molar-refractivity contribution < 1.29 is 22.6 Å². The standard InChI is InChI=1S/C29H20F3NO2/c30-29(31,32)25-16-8-15-24-27(26(18-33-28(24)25)35-22-12-5-2-6-13-22)21-11-7-14-23(17-21)34-19-20-9-3-1-4-10-20/h1-18H,19H2. The van der Waals surface area contributed by atoms with Crippen LogP contribution in [0.1, 0.15) is 11.1 Å². The molecule has 0 aliphatic heterocycles. The van der Waals surface area contributed by atoms with E-state index in [0.717, 1.165) is 11.6 Å². The molecule has 0 bridgehead atoms. The highest BCUT2D eigenvalue weighted by atomic mass is 19.4. The number of rotatable bonds is 6. The van der Waals surface area contributed by atoms with E-state index in [9.17, 15) is 13.2 Å². The number of ether oxygens (including phenoxy) is 2. The number of fused-ring (bicyclic) bond motifs is 1. The fourth-order valence-corrected chi connectivity index (χ4v) is 3.91. The number of nitrogens with zero attached hydrogens (tertiary/aromatic N) is 1. The van der Waals surface area contributed by atoms with Crippen molar-refractivity contribution in [2.75, 3.05) is 0 Å². The Morgan fingerprint density at radius 3 is 2.14 bits per heavy atom. The molecule has 4 aromatic carbocycles. The smallest absolute Gasteiger partial charge is 0.418 e. The Bertz CT molecular complexity index is 1450. The van der Waals surface area contributed by atoms with Crippen molar-refractivity contribution in [3.8, 4) is 28.4 Å². The van der Waals surface area contributed by atoms with Gasteiger partial charge < -0.3 is 9.47 Å². The van der Waals surface area contributed by atoms with Crippen LogP contribution in [-0.4, -0.2) is 4.98 Å². The van der Waals surface area contributed by atoms with Crippen molar-refractivity contribution in [1.29, 1.82) is 0 Å². The molecule has 0 fully saturated rings. The van der Waals surface area contributed by atoms with Gasteiger partial charge in [-0.05, 0) is 41.5 Å². The molecule has 174 valence electrons. The number of benzene rings is 4. The van der Waals surface area contributed by atoms with Gasteiger partial charge in [-0.25, -0.2) is 0 Å². The fourth-order valence-electron chi connectivity index (χ4n) is 3.91. The lowest BCUT2D eigenvalue weighted by atomic mass is 9.98. The number of para-hydroxylation sites is 2. The summed E-state index contributed by atoms with van der Waals surface area (Å²) in [6, 6.07) is 30.1. The fraction of sp³-hybridized carbons (Fsp3) is 0.0690. The van der Waals surface area contributed by atoms with Gasteiger partial charge in [0, 0.05) is 10.9 Å². The van der Waals surface area contributed by atoms with Crippen LogP contribution < -0.4 is 9.47 Å². The first kappa shape index (κ1) is 22.5. The Morgan fingerprint density at radius 2 is 1.40 bits per heavy atom. The molecule has 0 saturated carbocycles. The molecule has 0 N–H and O–H groups in total. The maximum atomic E-state index is 13.7. The number of hydrogen-bond acceptors (Lipinski definition) is 3. The topological polar surface area (TPSA) is 31.4 Å². The Hall–Kier alpha value is -4.32. The number of pyridine rings is 1. The van der Waals surface area contributed by atoms with Gasteiger partial charge in [0.1, 0.15) is 18.1 Å². The van der Waals surface area contributed by atoms with Gasteiger partial charge in [-0.2, -0.15) is 13.2 Å². The summed E-state index contributed by atoms with van der Waals surface area (Å²) in [5.74, 6) is 1.50. The van der Waals surface area contributed by atoms with E-state index in [1.54, 1.807) is 24.3 Å². The van der Waals surface area contributed by atoms with Crippen LogP contribution in [0.5, 0.6) is 17.2 Å². The summed E-state index contributed by atoms with van der Waals surface area (Å²) in [6.45, 7) is 0.368. The highest BCUT2D eigenvalue weighted by molar-refractivity contribution is 5.99. The van der Waals surface area contributed by atoms with Crippen molar-refractivity contribution in [2.24, 2.45) is 0 Å². The van der Waals surface area contributed by atoms with Gasteiger partial charge >= 0.3 is 6.18 Å². The van der Waals surface area contributed by atoms with Crippen molar-refractivity contribution in [2.45, 2.75) is 12.8 Å². The third-order valence-electron chi connectivity index (χ3n) is 5.51. The predicted molar refractivity (Wildman–Crippen MR) is 129 cm³/mol. The van der Waals surface area contributed by atoms with Crippen molar-refractivity contribution in [3.63, 3.8) is 0 Å². The predicted octanol–water partition coefficient (Wildman–Crippen LogP) is 8.29. The zero-order chi connectivity index (χ0) is 24.3. The zero-order valence-corrected chi connectivity index (χ0v) is 18.5. The highest BCUT2D eigenvalue weighted by Gasteiger charge is 2.34. The number of halogens is 3. The Kier molecular flexibility index (Phi) is 6.10. The molecule has 0 unspecified atom stereocenters. The van der Waals surface area contributed by atoms with E-state index in [-0.39, 0.29) is 5.52 Å². The summed E-state index contributed by atoms with van der Waals surface area (Å²) in [5.41, 5.74) is 1.25. The first-order valence-corrected chi connectivity index (χ1v) is 11.0. The number of aromatic nitrogens is 1. The zero-order valence-electron chi connectivity index (χ0n) is 18.5. The van der Waals surface area contributed by atoms with E-state index in [2.05, 4.69) is 4.98 Å². The molecule has 35 heavy (non-hydrogen) atoms. The van der Waals surface area contributed by atoms with Crippen LogP contribution in [0.4, 0.5) is 13.2 Å². The molecule has 0 radical (unpaired) electrons. The summed E-state index contributed by atoms with van der Waals surface area (Å²) < 4.78 is 53.2. The van der Waals surface area contributed by atoms with E-state index < -0.39 is 11.7 Å². The van der Waals surface area contributed by atoms with Gasteiger partial charge in [0.2, 0.25) is 0 Å². The van der Waals surface area contributed by atoms with E-state index in [4.69, 9.17) is 9.47 Å². The molecule has 0 amide bonds. The molecule has 5 rings (SSSR count). The van der Waals surface area contributed by atoms with Gasteiger partial charge in [0.25, 0.3) is 0 Å². The van der Waals surface area contributed by atoms with Crippen molar-refractivity contribution in [1.82, 2.24) is 4.98 Å². The van der Waals surface area contributed by atoms with Gasteiger partial charge in [-0.1, -0.05) is 72.8 Å². The summed E-state index contributed by atoms with van der Waals surface area (Å²) in [5, 5.41) is 0.341. The Balaban J connectivity index is 1.62. The molecule has 0 atom stereocenters. The first-order valence-electron chi connectivity index (χ1n) is 11.0. The monoisotopic (exact) mass is 471 g/mol. The van der Waals surface area contributed by atoms with Crippen molar-refractivity contribution >= 4 is 10.9 Å². The lowest BCUT2D eigenvalue weighted by Gasteiger charge is -2.17. The molecular weight excluding hydrogens is 451 g/mol. The van der Waals surface area contributed by atoms with Crippen LogP contribution in [0.15, 0.2) is 109 Å². The second-order valence-electron chi connectivity index (χ2n) is 7.91. The average molecular weight is 471 g/mol. The van der Waals surface area contributed by atoms with Gasteiger partial charge in [0.15, 0.2) is 5.75 Å². The first-order chi connectivity index (χ1) is 17.0. The van der Waals surface area contributed by atoms with Crippen LogP contribution in [0.25, 0.3) is 22.0 Å². The van der Waals surface area contributed by atoms with Gasteiger partial charge in [-0.15, -0.1) is 0 Å². The lowest BCUT2D eigenvalue weighted by molar-refractivity contribution is -0.136. The van der Waals surface area contributed by atoms with E-state index >= 15 is 0 Å². The van der Waals surface area contributed by atoms with E-state index in [1.165, 1.54) is 12.3 Å². The normalized spacial score (nSPS) is 11.4. The summed E-state index contributed by atoms with van der Waals surface area (Å²) in [6.07, 6.45) is -3.19. The van der Waals surface area contributed by atoms with Crippen LogP contribution in [0.3, 0.4) is 0 Å². The summed E-state index contributed by atoms with van der Waals surface area (Å²) in [4.78, 5) is 4.15. The molecule has 5 aromatic rings. The molecule has 0 spiro atoms. The van der Waals surface area contributed by atoms with Crippen molar-refractivity contribution in [3.05, 3.63) is 120 Å². The van der Waals surface area contributed by atoms with E-state index in [1.807, 2.05) is 66.7 Å².